The van der Waals surface area contributed by atoms with Gasteiger partial charge in [-0.3, -0.25) is 0 Å². The molecule has 3 heterocycles. The Balaban J connectivity index is 1.88. The zero-order valence-electron chi connectivity index (χ0n) is 17.6. The van der Waals surface area contributed by atoms with Gasteiger partial charge in [0.2, 0.25) is 6.29 Å². The van der Waals surface area contributed by atoms with E-state index >= 15 is 0 Å². The Hall–Kier alpha value is -2.37. The van der Waals surface area contributed by atoms with Crippen molar-refractivity contribution < 1.29 is 0 Å². The van der Waals surface area contributed by atoms with Gasteiger partial charge in [0.05, 0.1) is 18.6 Å². The molecular formula is C22H34N6. The van der Waals surface area contributed by atoms with E-state index in [0.29, 0.717) is 0 Å². The van der Waals surface area contributed by atoms with Gasteiger partial charge in [-0.15, -0.1) is 0 Å². The molecule has 3 aromatic heterocycles. The van der Waals surface area contributed by atoms with Crippen molar-refractivity contribution in [1.82, 2.24) is 29.3 Å². The molecule has 0 unspecified atom stereocenters. The molecule has 0 atom stereocenters. The molecule has 152 valence electrons. The van der Waals surface area contributed by atoms with Crippen LogP contribution in [0.25, 0.3) is 0 Å². The summed E-state index contributed by atoms with van der Waals surface area (Å²) in [5.74, 6) is 0. The van der Waals surface area contributed by atoms with Gasteiger partial charge in [0.1, 0.15) is 0 Å². The summed E-state index contributed by atoms with van der Waals surface area (Å²) in [4.78, 5) is 0. The number of hydrogen-bond acceptors (Lipinski definition) is 3. The first-order valence-electron chi connectivity index (χ1n) is 10.8. The van der Waals surface area contributed by atoms with E-state index in [-0.39, 0.29) is 6.29 Å². The number of rotatable bonds is 12. The molecule has 0 radical (unpaired) electrons. The predicted octanol–water partition coefficient (Wildman–Crippen LogP) is 4.86. The minimum atomic E-state index is -0.207. The standard InChI is InChI=1S/C22H34N6/c1-4-7-10-19-13-23-26(16-19)22(27-17-20(14-24-27)11-8-5-2)28-18-21(15-25-28)12-9-6-3/h13-18,22H,4-12H2,1-3H3. The Kier molecular flexibility index (Phi) is 7.46. The molecule has 0 saturated carbocycles. The Morgan fingerprint density at radius 3 is 1.21 bits per heavy atom. The maximum Gasteiger partial charge on any atom is 0.238 e. The lowest BCUT2D eigenvalue weighted by atomic mass is 10.2. The van der Waals surface area contributed by atoms with Crippen LogP contribution in [0.4, 0.5) is 0 Å². The summed E-state index contributed by atoms with van der Waals surface area (Å²) in [7, 11) is 0. The van der Waals surface area contributed by atoms with E-state index in [1.165, 1.54) is 55.2 Å². The van der Waals surface area contributed by atoms with Crippen molar-refractivity contribution in [2.45, 2.75) is 84.8 Å². The summed E-state index contributed by atoms with van der Waals surface area (Å²) in [5, 5.41) is 14.0. The SMILES string of the molecule is CCCCc1cnn(C(n2cc(CCCC)cn2)n2cc(CCCC)cn2)c1. The largest absolute Gasteiger partial charge is 0.238 e. The molecule has 0 aliphatic rings. The van der Waals surface area contributed by atoms with Crippen molar-refractivity contribution in [3.8, 4) is 0 Å². The van der Waals surface area contributed by atoms with Gasteiger partial charge < -0.3 is 0 Å². The van der Waals surface area contributed by atoms with E-state index in [1.54, 1.807) is 0 Å². The van der Waals surface area contributed by atoms with E-state index in [0.717, 1.165) is 19.3 Å². The zero-order chi connectivity index (χ0) is 19.8. The number of unbranched alkanes of at least 4 members (excludes halogenated alkanes) is 3. The summed E-state index contributed by atoms with van der Waals surface area (Å²) in [6.45, 7) is 6.66. The third-order valence-corrected chi connectivity index (χ3v) is 5.13. The van der Waals surface area contributed by atoms with Gasteiger partial charge in [-0.05, 0) is 55.2 Å². The van der Waals surface area contributed by atoms with Gasteiger partial charge >= 0.3 is 0 Å². The van der Waals surface area contributed by atoms with Crippen molar-refractivity contribution in [3.05, 3.63) is 53.9 Å². The van der Waals surface area contributed by atoms with Crippen LogP contribution in [0.15, 0.2) is 37.2 Å². The average molecular weight is 383 g/mol. The minimum absolute atomic E-state index is 0.207. The van der Waals surface area contributed by atoms with Crippen LogP contribution in [0.1, 0.15) is 82.3 Å². The summed E-state index contributed by atoms with van der Waals surface area (Å²) in [6.07, 6.45) is 22.4. The number of aryl methyl sites for hydroxylation is 3. The summed E-state index contributed by atoms with van der Waals surface area (Å²) in [5.41, 5.74) is 3.80. The van der Waals surface area contributed by atoms with E-state index in [2.05, 4.69) is 54.7 Å². The Morgan fingerprint density at radius 1 is 0.607 bits per heavy atom. The van der Waals surface area contributed by atoms with Crippen LogP contribution in [-0.4, -0.2) is 29.3 Å². The molecule has 3 aromatic rings. The van der Waals surface area contributed by atoms with E-state index in [4.69, 9.17) is 0 Å². The molecule has 6 nitrogen and oxygen atoms in total. The number of aromatic nitrogens is 6. The Labute approximate surface area is 168 Å². The highest BCUT2D eigenvalue weighted by molar-refractivity contribution is 5.09. The average Bonchev–Trinajstić information content (AvgIpc) is 3.46. The summed E-state index contributed by atoms with van der Waals surface area (Å²) in [6, 6.07) is 0. The van der Waals surface area contributed by atoms with Gasteiger partial charge in [0.25, 0.3) is 0 Å². The second-order valence-corrected chi connectivity index (χ2v) is 7.64. The maximum absolute atomic E-state index is 4.66. The Morgan fingerprint density at radius 2 is 0.929 bits per heavy atom. The van der Waals surface area contributed by atoms with Gasteiger partial charge in [-0.25, -0.2) is 14.0 Å². The Bertz CT molecular complexity index is 718. The minimum Gasteiger partial charge on any atom is -0.227 e. The highest BCUT2D eigenvalue weighted by atomic mass is 15.6. The molecule has 0 aliphatic carbocycles. The van der Waals surface area contributed by atoms with Crippen LogP contribution < -0.4 is 0 Å². The molecule has 0 N–H and O–H groups in total. The number of nitrogens with zero attached hydrogens (tertiary/aromatic N) is 6. The van der Waals surface area contributed by atoms with Crippen LogP contribution in [-0.2, 0) is 19.3 Å². The molecule has 0 spiro atoms. The fourth-order valence-electron chi connectivity index (χ4n) is 3.40. The summed E-state index contributed by atoms with van der Waals surface area (Å²) >= 11 is 0. The monoisotopic (exact) mass is 382 g/mol. The van der Waals surface area contributed by atoms with Gasteiger partial charge in [-0.2, -0.15) is 15.3 Å². The van der Waals surface area contributed by atoms with Crippen LogP contribution >= 0.6 is 0 Å². The van der Waals surface area contributed by atoms with Crippen LogP contribution in [0.5, 0.6) is 0 Å². The molecule has 0 saturated heterocycles. The molecule has 0 fully saturated rings. The third-order valence-electron chi connectivity index (χ3n) is 5.13. The maximum atomic E-state index is 4.66. The lowest BCUT2D eigenvalue weighted by Gasteiger charge is -2.18. The predicted molar refractivity (Wildman–Crippen MR) is 112 cm³/mol. The van der Waals surface area contributed by atoms with E-state index < -0.39 is 0 Å². The first-order valence-corrected chi connectivity index (χ1v) is 10.8. The van der Waals surface area contributed by atoms with Gasteiger partial charge in [-0.1, -0.05) is 40.0 Å². The summed E-state index contributed by atoms with van der Waals surface area (Å²) < 4.78 is 5.95. The van der Waals surface area contributed by atoms with E-state index in [9.17, 15) is 0 Å². The van der Waals surface area contributed by atoms with Crippen molar-refractivity contribution in [3.63, 3.8) is 0 Å². The van der Waals surface area contributed by atoms with Crippen molar-refractivity contribution >= 4 is 0 Å². The fraction of sp³-hybridized carbons (Fsp3) is 0.591. The molecular weight excluding hydrogens is 348 g/mol. The third kappa shape index (κ3) is 5.12. The van der Waals surface area contributed by atoms with E-state index in [1.807, 2.05) is 32.6 Å². The quantitative estimate of drug-likeness (QED) is 0.450. The highest BCUT2D eigenvalue weighted by Crippen LogP contribution is 2.17. The second-order valence-electron chi connectivity index (χ2n) is 7.64. The van der Waals surface area contributed by atoms with Gasteiger partial charge in [0, 0.05) is 18.6 Å². The smallest absolute Gasteiger partial charge is 0.227 e. The lowest BCUT2D eigenvalue weighted by Crippen LogP contribution is -2.27. The molecule has 28 heavy (non-hydrogen) atoms. The van der Waals surface area contributed by atoms with Crippen molar-refractivity contribution in [1.29, 1.82) is 0 Å². The first kappa shape index (κ1) is 20.4. The molecule has 6 heteroatoms. The molecule has 0 bridgehead atoms. The fourth-order valence-corrected chi connectivity index (χ4v) is 3.40. The second kappa shape index (κ2) is 10.2. The van der Waals surface area contributed by atoms with Crippen molar-refractivity contribution in [2.24, 2.45) is 0 Å². The number of hydrogen-bond donors (Lipinski definition) is 0. The van der Waals surface area contributed by atoms with Crippen LogP contribution in [0, 0.1) is 0 Å². The lowest BCUT2D eigenvalue weighted by molar-refractivity contribution is 0.284. The van der Waals surface area contributed by atoms with Crippen LogP contribution in [0.3, 0.4) is 0 Å². The zero-order valence-corrected chi connectivity index (χ0v) is 17.6. The van der Waals surface area contributed by atoms with Crippen molar-refractivity contribution in [2.75, 3.05) is 0 Å². The normalized spacial score (nSPS) is 11.6. The molecule has 3 rings (SSSR count). The van der Waals surface area contributed by atoms with Crippen LogP contribution in [0.2, 0.25) is 0 Å². The van der Waals surface area contributed by atoms with Gasteiger partial charge in [0.15, 0.2) is 0 Å². The molecule has 0 aliphatic heterocycles. The first-order chi connectivity index (χ1) is 13.7. The molecule has 0 aromatic carbocycles. The topological polar surface area (TPSA) is 53.5 Å². The molecule has 0 amide bonds. The highest BCUT2D eigenvalue weighted by Gasteiger charge is 2.19.